The highest BCUT2D eigenvalue weighted by Crippen LogP contribution is 2.16. The highest BCUT2D eigenvalue weighted by Gasteiger charge is 2.34. The van der Waals surface area contributed by atoms with E-state index in [-0.39, 0.29) is 0 Å². The molecular formula is C17H15FSi. The van der Waals surface area contributed by atoms with E-state index in [0.29, 0.717) is 0 Å². The van der Waals surface area contributed by atoms with Crippen LogP contribution in [0.1, 0.15) is 0 Å². The Morgan fingerprint density at radius 1 is 0.737 bits per heavy atom. The standard InChI is InChI=1S/C17H15FSi/c1-19(18,15-10-3-2-4-11-15)17-13-7-9-14-8-5-6-12-16(14)17/h2-13H,1H3. The summed E-state index contributed by atoms with van der Waals surface area (Å²) in [5, 5.41) is 3.82. The van der Waals surface area contributed by atoms with E-state index < -0.39 is 8.41 Å². The van der Waals surface area contributed by atoms with E-state index in [1.807, 2.05) is 72.8 Å². The third-order valence-electron chi connectivity index (χ3n) is 3.61. The molecular weight excluding hydrogens is 251 g/mol. The molecule has 1 unspecified atom stereocenters. The zero-order chi connectivity index (χ0) is 13.3. The first-order chi connectivity index (χ1) is 9.19. The van der Waals surface area contributed by atoms with Crippen LogP contribution in [0.25, 0.3) is 10.8 Å². The summed E-state index contributed by atoms with van der Waals surface area (Å²) in [6, 6.07) is 23.5. The molecule has 0 fully saturated rings. The van der Waals surface area contributed by atoms with Crippen molar-refractivity contribution in [2.45, 2.75) is 6.55 Å². The first kappa shape index (κ1) is 12.1. The van der Waals surface area contributed by atoms with Crippen LogP contribution < -0.4 is 10.4 Å². The van der Waals surface area contributed by atoms with E-state index in [0.717, 1.165) is 21.1 Å². The first-order valence-corrected chi connectivity index (χ1v) is 8.80. The molecule has 0 saturated carbocycles. The SMILES string of the molecule is C[Si](F)(c1ccccc1)c1cccc2ccccc12. The van der Waals surface area contributed by atoms with Gasteiger partial charge in [-0.15, -0.1) is 0 Å². The van der Waals surface area contributed by atoms with Crippen molar-refractivity contribution in [3.05, 3.63) is 72.8 Å². The van der Waals surface area contributed by atoms with Gasteiger partial charge in [-0.25, -0.2) is 0 Å². The highest BCUT2D eigenvalue weighted by atomic mass is 28.4. The van der Waals surface area contributed by atoms with Crippen molar-refractivity contribution in [1.29, 1.82) is 0 Å². The Morgan fingerprint density at radius 2 is 1.37 bits per heavy atom. The van der Waals surface area contributed by atoms with E-state index in [4.69, 9.17) is 0 Å². The Morgan fingerprint density at radius 3 is 2.16 bits per heavy atom. The van der Waals surface area contributed by atoms with Gasteiger partial charge in [0, 0.05) is 0 Å². The van der Waals surface area contributed by atoms with Gasteiger partial charge < -0.3 is 4.11 Å². The maximum Gasteiger partial charge on any atom is 0.306 e. The average Bonchev–Trinajstić information content (AvgIpc) is 2.47. The van der Waals surface area contributed by atoms with Crippen LogP contribution >= 0.6 is 0 Å². The van der Waals surface area contributed by atoms with Gasteiger partial charge in [0.1, 0.15) is 0 Å². The minimum absolute atomic E-state index is 0.825. The minimum Gasteiger partial charge on any atom is -0.302 e. The van der Waals surface area contributed by atoms with Gasteiger partial charge >= 0.3 is 8.41 Å². The van der Waals surface area contributed by atoms with Gasteiger partial charge in [0.2, 0.25) is 0 Å². The lowest BCUT2D eigenvalue weighted by molar-refractivity contribution is 0.833. The summed E-state index contributed by atoms with van der Waals surface area (Å²) >= 11 is 0. The molecule has 0 spiro atoms. The fraction of sp³-hybridized carbons (Fsp3) is 0.0588. The number of benzene rings is 3. The van der Waals surface area contributed by atoms with Crippen LogP contribution in [-0.4, -0.2) is 8.41 Å². The summed E-state index contributed by atoms with van der Waals surface area (Å²) in [7, 11) is -3.12. The fourth-order valence-corrected chi connectivity index (χ4v) is 4.81. The average molecular weight is 266 g/mol. The molecule has 0 aliphatic rings. The fourth-order valence-electron chi connectivity index (χ4n) is 2.54. The third-order valence-corrected chi connectivity index (χ3v) is 6.48. The van der Waals surface area contributed by atoms with E-state index in [1.165, 1.54) is 0 Å². The van der Waals surface area contributed by atoms with E-state index in [1.54, 1.807) is 6.55 Å². The second-order valence-corrected chi connectivity index (χ2v) is 8.02. The molecule has 0 aliphatic heterocycles. The molecule has 2 heteroatoms. The molecule has 0 aromatic heterocycles. The molecule has 0 heterocycles. The molecule has 0 saturated heterocycles. The molecule has 3 aromatic carbocycles. The quantitative estimate of drug-likeness (QED) is 0.492. The van der Waals surface area contributed by atoms with Crippen molar-refractivity contribution in [2.75, 3.05) is 0 Å². The topological polar surface area (TPSA) is 0 Å². The normalized spacial score (nSPS) is 14.2. The van der Waals surface area contributed by atoms with E-state index >= 15 is 4.11 Å². The Balaban J connectivity index is 2.24. The molecule has 19 heavy (non-hydrogen) atoms. The van der Waals surface area contributed by atoms with Gasteiger partial charge in [0.15, 0.2) is 0 Å². The monoisotopic (exact) mass is 266 g/mol. The van der Waals surface area contributed by atoms with Crippen LogP contribution in [0.15, 0.2) is 72.8 Å². The summed E-state index contributed by atoms with van der Waals surface area (Å²) in [4.78, 5) is 0. The number of halogens is 1. The van der Waals surface area contributed by atoms with Gasteiger partial charge in [-0.05, 0) is 27.7 Å². The largest absolute Gasteiger partial charge is 0.306 e. The zero-order valence-corrected chi connectivity index (χ0v) is 11.8. The second kappa shape index (κ2) is 4.63. The van der Waals surface area contributed by atoms with E-state index in [2.05, 4.69) is 0 Å². The van der Waals surface area contributed by atoms with Gasteiger partial charge in [0.25, 0.3) is 0 Å². The van der Waals surface area contributed by atoms with Crippen molar-refractivity contribution in [3.63, 3.8) is 0 Å². The van der Waals surface area contributed by atoms with Crippen molar-refractivity contribution in [2.24, 2.45) is 0 Å². The van der Waals surface area contributed by atoms with E-state index in [9.17, 15) is 0 Å². The van der Waals surface area contributed by atoms with Gasteiger partial charge in [0.05, 0.1) is 0 Å². The van der Waals surface area contributed by atoms with Crippen LogP contribution in [0.3, 0.4) is 0 Å². The van der Waals surface area contributed by atoms with Crippen LogP contribution in [0.2, 0.25) is 6.55 Å². The molecule has 0 radical (unpaired) electrons. The van der Waals surface area contributed by atoms with Crippen LogP contribution in [0, 0.1) is 0 Å². The summed E-state index contributed by atoms with van der Waals surface area (Å²) in [6.07, 6.45) is 0. The molecule has 3 aromatic rings. The maximum absolute atomic E-state index is 15.4. The van der Waals surface area contributed by atoms with Gasteiger partial charge in [-0.2, -0.15) is 0 Å². The Labute approximate surface area is 113 Å². The Hall–Kier alpha value is -1.93. The molecule has 0 aliphatic carbocycles. The summed E-state index contributed by atoms with van der Waals surface area (Å²) in [5.74, 6) is 0. The molecule has 0 bridgehead atoms. The molecule has 0 nitrogen and oxygen atoms in total. The molecule has 0 N–H and O–H groups in total. The second-order valence-electron chi connectivity index (χ2n) is 4.90. The molecule has 0 amide bonds. The number of hydrogen-bond donors (Lipinski definition) is 0. The summed E-state index contributed by atoms with van der Waals surface area (Å²) in [6.45, 7) is 1.77. The van der Waals surface area contributed by atoms with Gasteiger partial charge in [-0.3, -0.25) is 0 Å². The number of fused-ring (bicyclic) bond motifs is 1. The highest BCUT2D eigenvalue weighted by molar-refractivity contribution is 6.97. The zero-order valence-electron chi connectivity index (χ0n) is 10.8. The van der Waals surface area contributed by atoms with Gasteiger partial charge in [-0.1, -0.05) is 72.8 Å². The Bertz CT molecular complexity index is 699. The minimum atomic E-state index is -3.12. The number of rotatable bonds is 2. The summed E-state index contributed by atoms with van der Waals surface area (Å²) < 4.78 is 15.4. The lowest BCUT2D eigenvalue weighted by Gasteiger charge is -2.20. The smallest absolute Gasteiger partial charge is 0.302 e. The predicted molar refractivity (Wildman–Crippen MR) is 82.4 cm³/mol. The lowest BCUT2D eigenvalue weighted by Crippen LogP contribution is -2.52. The van der Waals surface area contributed by atoms with Crippen molar-refractivity contribution < 1.29 is 4.11 Å². The van der Waals surface area contributed by atoms with Crippen LogP contribution in [0.5, 0.6) is 0 Å². The molecule has 94 valence electrons. The first-order valence-electron chi connectivity index (χ1n) is 6.42. The van der Waals surface area contributed by atoms with Crippen LogP contribution in [-0.2, 0) is 0 Å². The molecule has 1 atom stereocenters. The third kappa shape index (κ3) is 2.08. The van der Waals surface area contributed by atoms with Crippen LogP contribution in [0.4, 0.5) is 4.11 Å². The predicted octanol–water partition coefficient (Wildman–Crippen LogP) is 3.50. The maximum atomic E-state index is 15.4. The van der Waals surface area contributed by atoms with Crippen molar-refractivity contribution >= 4 is 29.6 Å². The summed E-state index contributed by atoms with van der Waals surface area (Å²) in [5.41, 5.74) is 0. The van der Waals surface area contributed by atoms with Crippen molar-refractivity contribution in [1.82, 2.24) is 0 Å². The Kier molecular flexibility index (Phi) is 2.95. The van der Waals surface area contributed by atoms with Crippen molar-refractivity contribution in [3.8, 4) is 0 Å². The lowest BCUT2D eigenvalue weighted by atomic mass is 10.1. The number of hydrogen-bond acceptors (Lipinski definition) is 0. The molecule has 3 rings (SSSR count).